The van der Waals surface area contributed by atoms with E-state index < -0.39 is 0 Å². The molecule has 8 heteroatoms. The highest BCUT2D eigenvalue weighted by Gasteiger charge is 2.20. The molecule has 5 rings (SSSR count). The molecule has 0 spiro atoms. The van der Waals surface area contributed by atoms with Crippen LogP contribution < -0.4 is 25.8 Å². The zero-order valence-corrected chi connectivity index (χ0v) is 23.3. The number of benzene rings is 4. The van der Waals surface area contributed by atoms with E-state index in [4.69, 9.17) is 15.2 Å². The summed E-state index contributed by atoms with van der Waals surface area (Å²) in [5.41, 5.74) is 11.9. The lowest BCUT2D eigenvalue weighted by Crippen LogP contribution is -2.32. The first-order valence-corrected chi connectivity index (χ1v) is 13.6. The molecule has 41 heavy (non-hydrogen) atoms. The quantitative estimate of drug-likeness (QED) is 0.241. The minimum atomic E-state index is -0.372. The predicted molar refractivity (Wildman–Crippen MR) is 162 cm³/mol. The number of carbonyl (C=O) groups is 2. The Morgan fingerprint density at radius 3 is 2.15 bits per heavy atom. The molecule has 0 aromatic heterocycles. The molecule has 210 valence electrons. The van der Waals surface area contributed by atoms with Crippen LogP contribution in [0.3, 0.4) is 0 Å². The molecule has 0 fully saturated rings. The van der Waals surface area contributed by atoms with Gasteiger partial charge in [-0.1, -0.05) is 36.4 Å². The number of fused-ring (bicyclic) bond motifs is 1. The van der Waals surface area contributed by atoms with E-state index in [1.54, 1.807) is 62.8 Å². The molecule has 0 saturated carbocycles. The van der Waals surface area contributed by atoms with Crippen molar-refractivity contribution in [3.05, 3.63) is 113 Å². The summed E-state index contributed by atoms with van der Waals surface area (Å²) in [6, 6.07) is 25.8. The van der Waals surface area contributed by atoms with Gasteiger partial charge in [-0.25, -0.2) is 0 Å². The van der Waals surface area contributed by atoms with Gasteiger partial charge in [0.15, 0.2) is 11.5 Å². The third-order valence-electron chi connectivity index (χ3n) is 7.35. The Bertz CT molecular complexity index is 1550. The van der Waals surface area contributed by atoms with Gasteiger partial charge in [0.25, 0.3) is 11.8 Å². The van der Waals surface area contributed by atoms with Crippen molar-refractivity contribution in [2.45, 2.75) is 19.4 Å². The highest BCUT2D eigenvalue weighted by atomic mass is 16.5. The van der Waals surface area contributed by atoms with Crippen molar-refractivity contribution in [1.82, 2.24) is 4.90 Å². The minimum Gasteiger partial charge on any atom is -0.493 e. The summed E-state index contributed by atoms with van der Waals surface area (Å²) in [7, 11) is 3.33. The molecule has 0 atom stereocenters. The first-order chi connectivity index (χ1) is 19.9. The minimum absolute atomic E-state index is 0.311. The van der Waals surface area contributed by atoms with Gasteiger partial charge >= 0.3 is 0 Å². The predicted octanol–water partition coefficient (Wildman–Crippen LogP) is 5.39. The molecular weight excluding hydrogens is 516 g/mol. The number of carbonyl (C=O) groups excluding carboxylic acids is 2. The van der Waals surface area contributed by atoms with Crippen molar-refractivity contribution in [1.29, 1.82) is 0 Å². The zero-order chi connectivity index (χ0) is 28.8. The van der Waals surface area contributed by atoms with Crippen molar-refractivity contribution >= 4 is 28.9 Å². The van der Waals surface area contributed by atoms with E-state index in [0.29, 0.717) is 28.2 Å². The Hall–Kier alpha value is -4.82. The van der Waals surface area contributed by atoms with E-state index in [1.165, 1.54) is 16.7 Å². The summed E-state index contributed by atoms with van der Waals surface area (Å²) in [4.78, 5) is 28.3. The standard InChI is InChI=1S/C33H34N4O4/c1-40-30-19-23-16-18-37(21-24(23)20-31(30)41-2)17-15-22-11-13-25(14-12-22)35-33(39)27-8-4-6-10-29(27)36-32(38)26-7-3-5-9-28(26)34/h3-14,19-20H,15-18,21,34H2,1-2H3,(H,35,39)(H,36,38). The highest BCUT2D eigenvalue weighted by Crippen LogP contribution is 2.33. The summed E-state index contributed by atoms with van der Waals surface area (Å²) in [5.74, 6) is 0.853. The average Bonchev–Trinajstić information content (AvgIpc) is 3.00. The second-order valence-corrected chi connectivity index (χ2v) is 9.99. The third-order valence-corrected chi connectivity index (χ3v) is 7.35. The number of anilines is 3. The molecule has 4 N–H and O–H groups in total. The van der Waals surface area contributed by atoms with Crippen LogP contribution in [0.25, 0.3) is 0 Å². The molecule has 4 aromatic carbocycles. The van der Waals surface area contributed by atoms with Crippen LogP contribution in [0.1, 0.15) is 37.4 Å². The van der Waals surface area contributed by atoms with Crippen LogP contribution in [0.2, 0.25) is 0 Å². The number of nitrogen functional groups attached to an aromatic ring is 1. The molecule has 0 radical (unpaired) electrons. The number of ether oxygens (including phenoxy) is 2. The molecule has 4 aromatic rings. The Kier molecular flexibility index (Phi) is 8.50. The van der Waals surface area contributed by atoms with E-state index in [-0.39, 0.29) is 11.8 Å². The van der Waals surface area contributed by atoms with Gasteiger partial charge in [0.05, 0.1) is 31.0 Å². The van der Waals surface area contributed by atoms with Crippen LogP contribution in [0, 0.1) is 0 Å². The van der Waals surface area contributed by atoms with Crippen LogP contribution in [-0.2, 0) is 19.4 Å². The van der Waals surface area contributed by atoms with Gasteiger partial charge in [-0.15, -0.1) is 0 Å². The van der Waals surface area contributed by atoms with E-state index in [0.717, 1.165) is 44.0 Å². The fourth-order valence-electron chi connectivity index (χ4n) is 5.06. The van der Waals surface area contributed by atoms with Crippen LogP contribution in [0.5, 0.6) is 11.5 Å². The molecule has 8 nitrogen and oxygen atoms in total. The van der Waals surface area contributed by atoms with Gasteiger partial charge in [0.2, 0.25) is 0 Å². The summed E-state index contributed by atoms with van der Waals surface area (Å²) in [6.07, 6.45) is 1.87. The summed E-state index contributed by atoms with van der Waals surface area (Å²) >= 11 is 0. The lowest BCUT2D eigenvalue weighted by Gasteiger charge is -2.29. The van der Waals surface area contributed by atoms with Crippen molar-refractivity contribution in [3.8, 4) is 11.5 Å². The average molecular weight is 551 g/mol. The van der Waals surface area contributed by atoms with Crippen LogP contribution >= 0.6 is 0 Å². The first-order valence-electron chi connectivity index (χ1n) is 13.6. The van der Waals surface area contributed by atoms with Gasteiger partial charge < -0.3 is 25.8 Å². The number of hydrogen-bond donors (Lipinski definition) is 3. The lowest BCUT2D eigenvalue weighted by atomic mass is 9.98. The fraction of sp³-hybridized carbons (Fsp3) is 0.212. The summed E-state index contributed by atoms with van der Waals surface area (Å²) in [5, 5.41) is 5.75. The van der Waals surface area contributed by atoms with Gasteiger partial charge in [-0.3, -0.25) is 14.5 Å². The normalized spacial score (nSPS) is 12.7. The number of methoxy groups -OCH3 is 2. The van der Waals surface area contributed by atoms with Crippen molar-refractivity contribution in [3.63, 3.8) is 0 Å². The molecule has 0 saturated heterocycles. The maximum atomic E-state index is 13.1. The fourth-order valence-corrected chi connectivity index (χ4v) is 5.06. The monoisotopic (exact) mass is 550 g/mol. The summed E-state index contributed by atoms with van der Waals surface area (Å²) < 4.78 is 10.9. The second-order valence-electron chi connectivity index (χ2n) is 9.99. The van der Waals surface area contributed by atoms with Crippen LogP contribution in [-0.4, -0.2) is 44.0 Å². The Morgan fingerprint density at radius 2 is 1.44 bits per heavy atom. The molecule has 1 aliphatic rings. The number of nitrogens with zero attached hydrogens (tertiary/aromatic N) is 1. The van der Waals surface area contributed by atoms with Gasteiger partial charge in [-0.05, 0) is 78.1 Å². The molecule has 0 aliphatic carbocycles. The van der Waals surface area contributed by atoms with Crippen molar-refractivity contribution < 1.29 is 19.1 Å². The topological polar surface area (TPSA) is 106 Å². The number of nitrogens with two attached hydrogens (primary N) is 1. The Morgan fingerprint density at radius 1 is 0.805 bits per heavy atom. The van der Waals surface area contributed by atoms with Gasteiger partial charge in [-0.2, -0.15) is 0 Å². The lowest BCUT2D eigenvalue weighted by molar-refractivity contribution is 0.102. The maximum absolute atomic E-state index is 13.1. The molecule has 1 heterocycles. The smallest absolute Gasteiger partial charge is 0.257 e. The van der Waals surface area contributed by atoms with E-state index in [9.17, 15) is 9.59 Å². The SMILES string of the molecule is COc1cc2c(cc1OC)CN(CCc1ccc(NC(=O)c3ccccc3NC(=O)c3ccccc3N)cc1)CC2. The molecule has 0 unspecified atom stereocenters. The third kappa shape index (κ3) is 6.50. The number of para-hydroxylation sites is 2. The first kappa shape index (κ1) is 27.7. The van der Waals surface area contributed by atoms with E-state index >= 15 is 0 Å². The van der Waals surface area contributed by atoms with Crippen molar-refractivity contribution in [2.75, 3.05) is 43.7 Å². The number of nitrogens with one attached hydrogen (secondary N) is 2. The van der Waals surface area contributed by atoms with Crippen LogP contribution in [0.4, 0.5) is 17.1 Å². The van der Waals surface area contributed by atoms with Gasteiger partial charge in [0, 0.05) is 31.0 Å². The number of hydrogen-bond acceptors (Lipinski definition) is 6. The highest BCUT2D eigenvalue weighted by molar-refractivity contribution is 6.13. The maximum Gasteiger partial charge on any atom is 0.257 e. The zero-order valence-electron chi connectivity index (χ0n) is 23.3. The molecule has 1 aliphatic heterocycles. The number of amides is 2. The summed E-state index contributed by atoms with van der Waals surface area (Å²) in [6.45, 7) is 2.79. The van der Waals surface area contributed by atoms with E-state index in [2.05, 4.69) is 27.7 Å². The van der Waals surface area contributed by atoms with E-state index in [1.807, 2.05) is 24.3 Å². The van der Waals surface area contributed by atoms with Gasteiger partial charge in [0.1, 0.15) is 0 Å². The van der Waals surface area contributed by atoms with Crippen molar-refractivity contribution in [2.24, 2.45) is 0 Å². The number of rotatable bonds is 9. The molecule has 2 amide bonds. The second kappa shape index (κ2) is 12.6. The Labute approximate surface area is 240 Å². The molecule has 0 bridgehead atoms. The molecular formula is C33H34N4O4. The largest absolute Gasteiger partial charge is 0.493 e. The Balaban J connectivity index is 1.18. The van der Waals surface area contributed by atoms with Crippen LogP contribution in [0.15, 0.2) is 84.9 Å².